The number of rotatable bonds is 4. The number of nitrogens with zero attached hydrogens (tertiary/aromatic N) is 1. The highest BCUT2D eigenvalue weighted by atomic mass is 35.5. The van der Waals surface area contributed by atoms with Gasteiger partial charge < -0.3 is 14.7 Å². The van der Waals surface area contributed by atoms with Crippen LogP contribution in [-0.4, -0.2) is 37.9 Å². The topological polar surface area (TPSA) is 49.8 Å². The molecule has 0 saturated carbocycles. The van der Waals surface area contributed by atoms with Gasteiger partial charge in [0, 0.05) is 11.6 Å². The van der Waals surface area contributed by atoms with E-state index in [-0.39, 0.29) is 6.61 Å². The van der Waals surface area contributed by atoms with Crippen LogP contribution in [0.4, 0.5) is 0 Å². The van der Waals surface area contributed by atoms with E-state index in [2.05, 4.69) is 0 Å². The smallest absolute Gasteiger partial charge is 0.324 e. The van der Waals surface area contributed by atoms with Crippen LogP contribution in [0.1, 0.15) is 19.4 Å². The van der Waals surface area contributed by atoms with Gasteiger partial charge in [0.25, 0.3) is 0 Å². The number of carbonyl (C=O) groups excluding carboxylic acids is 1. The molecule has 21 heavy (non-hydrogen) atoms. The van der Waals surface area contributed by atoms with Crippen LogP contribution in [0.2, 0.25) is 5.02 Å². The first-order chi connectivity index (χ1) is 9.86. The maximum absolute atomic E-state index is 11.9. The van der Waals surface area contributed by atoms with Crippen molar-refractivity contribution in [3.8, 4) is 0 Å². The highest BCUT2D eigenvalue weighted by Crippen LogP contribution is 2.40. The normalized spacial score (nSPS) is 25.2. The molecular formula is C14H16ClNO3S2. The molecule has 2 rings (SSSR count). The molecule has 0 amide bonds. The van der Waals surface area contributed by atoms with Gasteiger partial charge in [0.05, 0.1) is 6.61 Å². The molecule has 1 aliphatic heterocycles. The van der Waals surface area contributed by atoms with Crippen molar-refractivity contribution in [3.05, 3.63) is 34.9 Å². The summed E-state index contributed by atoms with van der Waals surface area (Å²) in [5, 5.41) is 10.6. The Hall–Kier alpha value is -0.820. The van der Waals surface area contributed by atoms with E-state index in [0.717, 1.165) is 17.3 Å². The molecule has 4 nitrogen and oxygen atoms in total. The summed E-state index contributed by atoms with van der Waals surface area (Å²) in [5.41, 5.74) is -0.430. The third-order valence-corrected chi connectivity index (χ3v) is 5.29. The van der Waals surface area contributed by atoms with Crippen molar-refractivity contribution in [2.24, 2.45) is 0 Å². The van der Waals surface area contributed by atoms with Crippen LogP contribution >= 0.6 is 35.6 Å². The summed E-state index contributed by atoms with van der Waals surface area (Å²) in [5.74, 6) is -0.451. The van der Waals surface area contributed by atoms with Gasteiger partial charge in [-0.3, -0.25) is 4.79 Å². The molecule has 1 aromatic rings. The number of hydrogen-bond acceptors (Lipinski definition) is 5. The van der Waals surface area contributed by atoms with E-state index in [1.54, 1.807) is 30.9 Å². The van der Waals surface area contributed by atoms with Crippen LogP contribution in [0, 0.1) is 0 Å². The molecule has 0 spiro atoms. The monoisotopic (exact) mass is 345 g/mol. The fraction of sp³-hybridized carbons (Fsp3) is 0.429. The number of thioether (sulfide) groups is 1. The maximum Gasteiger partial charge on any atom is 0.324 e. The molecule has 0 aliphatic carbocycles. The number of carbonyl (C=O) groups is 1. The van der Waals surface area contributed by atoms with E-state index in [1.165, 1.54) is 0 Å². The summed E-state index contributed by atoms with van der Waals surface area (Å²) in [6.07, 6.45) is 0. The zero-order valence-electron chi connectivity index (χ0n) is 11.7. The summed E-state index contributed by atoms with van der Waals surface area (Å²) in [7, 11) is 0. The molecule has 7 heteroatoms. The van der Waals surface area contributed by atoms with Gasteiger partial charge in [0.2, 0.25) is 0 Å². The molecule has 1 aromatic carbocycles. The first-order valence-electron chi connectivity index (χ1n) is 6.48. The van der Waals surface area contributed by atoms with Gasteiger partial charge in [-0.05, 0) is 31.5 Å². The number of esters is 1. The molecular weight excluding hydrogens is 330 g/mol. The van der Waals surface area contributed by atoms with Crippen LogP contribution < -0.4 is 0 Å². The van der Waals surface area contributed by atoms with Gasteiger partial charge in [0.15, 0.2) is 11.0 Å². The lowest BCUT2D eigenvalue weighted by atomic mass is 10.1. The number of ether oxygens (including phenoxy) is 1. The van der Waals surface area contributed by atoms with Crippen molar-refractivity contribution in [2.45, 2.75) is 31.4 Å². The summed E-state index contributed by atoms with van der Waals surface area (Å²) >= 11 is 12.3. The maximum atomic E-state index is 11.9. The molecule has 1 saturated heterocycles. The number of benzene rings is 1. The third-order valence-electron chi connectivity index (χ3n) is 3.24. The Morgan fingerprint density at radius 2 is 2.14 bits per heavy atom. The van der Waals surface area contributed by atoms with Gasteiger partial charge in [-0.25, -0.2) is 0 Å². The molecule has 0 bridgehead atoms. The third kappa shape index (κ3) is 3.51. The van der Waals surface area contributed by atoms with Crippen molar-refractivity contribution < 1.29 is 14.6 Å². The van der Waals surface area contributed by atoms with E-state index in [1.807, 2.05) is 12.1 Å². The van der Waals surface area contributed by atoms with Gasteiger partial charge >= 0.3 is 5.97 Å². The minimum Gasteiger partial charge on any atom is -0.465 e. The molecule has 2 atom stereocenters. The molecule has 2 unspecified atom stereocenters. The number of hydrogen-bond donors (Lipinski definition) is 1. The first kappa shape index (κ1) is 16.5. The number of halogens is 1. The Labute approximate surface area is 138 Å². The SMILES string of the molecule is CCOC(=O)C1SC(=S)N(Cc2ccc(Cl)cc2)C1(C)O. The fourth-order valence-electron chi connectivity index (χ4n) is 2.09. The fourth-order valence-corrected chi connectivity index (χ4v) is 3.85. The van der Waals surface area contributed by atoms with E-state index < -0.39 is 16.9 Å². The molecule has 0 aromatic heterocycles. The average Bonchev–Trinajstić information content (AvgIpc) is 2.65. The molecule has 0 radical (unpaired) electrons. The highest BCUT2D eigenvalue weighted by Gasteiger charge is 2.51. The summed E-state index contributed by atoms with van der Waals surface area (Å²) in [6.45, 7) is 3.99. The van der Waals surface area contributed by atoms with Crippen molar-refractivity contribution >= 4 is 45.9 Å². The Balaban J connectivity index is 2.18. The Morgan fingerprint density at radius 3 is 2.71 bits per heavy atom. The molecule has 1 fully saturated rings. The van der Waals surface area contributed by atoms with E-state index in [0.29, 0.717) is 15.9 Å². The number of aliphatic hydroxyl groups is 1. The van der Waals surface area contributed by atoms with E-state index in [9.17, 15) is 9.90 Å². The quantitative estimate of drug-likeness (QED) is 0.669. The lowest BCUT2D eigenvalue weighted by Crippen LogP contribution is -2.50. The predicted molar refractivity (Wildman–Crippen MR) is 88.2 cm³/mol. The lowest BCUT2D eigenvalue weighted by Gasteiger charge is -2.33. The highest BCUT2D eigenvalue weighted by molar-refractivity contribution is 8.24. The van der Waals surface area contributed by atoms with Crippen LogP contribution in [0.15, 0.2) is 24.3 Å². The Kier molecular flexibility index (Phi) is 5.14. The van der Waals surface area contributed by atoms with Crippen LogP contribution in [0.5, 0.6) is 0 Å². The van der Waals surface area contributed by atoms with Crippen LogP contribution in [-0.2, 0) is 16.1 Å². The zero-order chi connectivity index (χ0) is 15.6. The van der Waals surface area contributed by atoms with E-state index >= 15 is 0 Å². The van der Waals surface area contributed by atoms with Crippen LogP contribution in [0.25, 0.3) is 0 Å². The number of thiocarbonyl (C=S) groups is 1. The molecule has 1 aliphatic rings. The van der Waals surface area contributed by atoms with Gasteiger partial charge in [-0.15, -0.1) is 0 Å². The van der Waals surface area contributed by atoms with Gasteiger partial charge in [-0.1, -0.05) is 47.7 Å². The average molecular weight is 346 g/mol. The molecule has 1 N–H and O–H groups in total. The molecule has 114 valence electrons. The minimum atomic E-state index is -1.38. The second kappa shape index (κ2) is 6.52. The van der Waals surface area contributed by atoms with E-state index in [4.69, 9.17) is 28.6 Å². The lowest BCUT2D eigenvalue weighted by molar-refractivity contribution is -0.151. The summed E-state index contributed by atoms with van der Waals surface area (Å²) in [6, 6.07) is 7.29. The van der Waals surface area contributed by atoms with Crippen molar-refractivity contribution in [1.29, 1.82) is 0 Å². The zero-order valence-corrected chi connectivity index (χ0v) is 14.1. The predicted octanol–water partition coefficient (Wildman–Crippen LogP) is 2.81. The first-order valence-corrected chi connectivity index (χ1v) is 8.14. The molecule has 1 heterocycles. The standard InChI is InChI=1S/C14H16ClNO3S2/c1-3-19-12(17)11-14(2,18)16(13(20)21-11)8-9-4-6-10(15)7-5-9/h4-7,11,18H,3,8H2,1-2H3. The van der Waals surface area contributed by atoms with Gasteiger partial charge in [-0.2, -0.15) is 0 Å². The second-order valence-corrected chi connectivity index (χ2v) is 7.00. The Morgan fingerprint density at radius 1 is 1.52 bits per heavy atom. The van der Waals surface area contributed by atoms with Crippen LogP contribution in [0.3, 0.4) is 0 Å². The Bertz CT molecular complexity index is 548. The largest absolute Gasteiger partial charge is 0.465 e. The second-order valence-electron chi connectivity index (χ2n) is 4.82. The van der Waals surface area contributed by atoms with Gasteiger partial charge in [0.1, 0.15) is 4.32 Å². The van der Waals surface area contributed by atoms with Crippen molar-refractivity contribution in [3.63, 3.8) is 0 Å². The summed E-state index contributed by atoms with van der Waals surface area (Å²) in [4.78, 5) is 13.6. The van der Waals surface area contributed by atoms with Crippen molar-refractivity contribution in [2.75, 3.05) is 6.61 Å². The minimum absolute atomic E-state index is 0.274. The summed E-state index contributed by atoms with van der Waals surface area (Å²) < 4.78 is 5.48. The van der Waals surface area contributed by atoms with Crippen molar-refractivity contribution in [1.82, 2.24) is 4.90 Å².